The number of nitrogens with one attached hydrogen (secondary N) is 1. The Kier molecular flexibility index (Phi) is 6.97. The van der Waals surface area contributed by atoms with Crippen molar-refractivity contribution in [2.75, 3.05) is 17.1 Å². The number of carbonyl (C=O) groups excluding carboxylic acids is 1. The molecule has 0 saturated carbocycles. The summed E-state index contributed by atoms with van der Waals surface area (Å²) in [4.78, 5) is 12.2. The maximum atomic E-state index is 12.2. The highest BCUT2D eigenvalue weighted by molar-refractivity contribution is 7.92. The minimum absolute atomic E-state index is 0.190. The van der Waals surface area contributed by atoms with E-state index in [0.29, 0.717) is 11.6 Å². The van der Waals surface area contributed by atoms with Crippen molar-refractivity contribution in [1.29, 1.82) is 0 Å². The molecule has 0 aromatic heterocycles. The Morgan fingerprint density at radius 1 is 1.36 bits per heavy atom. The molecule has 0 radical (unpaired) electrons. The molecule has 1 atom stereocenters. The third-order valence-electron chi connectivity index (χ3n) is 3.06. The van der Waals surface area contributed by atoms with Crippen LogP contribution in [0.3, 0.4) is 0 Å². The lowest BCUT2D eigenvalue weighted by molar-refractivity contribution is -0.121. The first-order valence-electron chi connectivity index (χ1n) is 6.90. The second-order valence-corrected chi connectivity index (χ2v) is 7.68. The van der Waals surface area contributed by atoms with Gasteiger partial charge in [0.05, 0.1) is 17.0 Å². The van der Waals surface area contributed by atoms with E-state index in [1.807, 2.05) is 6.92 Å². The van der Waals surface area contributed by atoms with Crippen LogP contribution in [0.25, 0.3) is 0 Å². The number of sulfonamides is 1. The lowest BCUT2D eigenvalue weighted by Gasteiger charge is -2.29. The van der Waals surface area contributed by atoms with Crippen LogP contribution in [0.2, 0.25) is 10.0 Å². The van der Waals surface area contributed by atoms with Crippen molar-refractivity contribution < 1.29 is 13.2 Å². The van der Waals surface area contributed by atoms with E-state index in [0.717, 1.165) is 23.4 Å². The summed E-state index contributed by atoms with van der Waals surface area (Å²) < 4.78 is 25.2. The van der Waals surface area contributed by atoms with Crippen LogP contribution in [0.5, 0.6) is 0 Å². The number of nitrogens with zero attached hydrogens (tertiary/aromatic N) is 1. The van der Waals surface area contributed by atoms with Gasteiger partial charge in [0.15, 0.2) is 0 Å². The molecule has 1 amide bonds. The number of unbranched alkanes of at least 4 members (excludes halogenated alkanes) is 1. The van der Waals surface area contributed by atoms with Crippen LogP contribution in [-0.2, 0) is 14.8 Å². The minimum Gasteiger partial charge on any atom is -0.354 e. The van der Waals surface area contributed by atoms with E-state index >= 15 is 0 Å². The van der Waals surface area contributed by atoms with Crippen molar-refractivity contribution in [1.82, 2.24) is 5.32 Å². The topological polar surface area (TPSA) is 66.5 Å². The Labute approximate surface area is 141 Å². The second kappa shape index (κ2) is 8.04. The molecule has 124 valence electrons. The van der Waals surface area contributed by atoms with Gasteiger partial charge < -0.3 is 5.32 Å². The van der Waals surface area contributed by atoms with E-state index in [2.05, 4.69) is 5.32 Å². The van der Waals surface area contributed by atoms with Gasteiger partial charge >= 0.3 is 0 Å². The highest BCUT2D eigenvalue weighted by atomic mass is 35.5. The minimum atomic E-state index is -3.70. The molecule has 1 rings (SSSR count). The fourth-order valence-corrected chi connectivity index (χ4v) is 3.58. The molecule has 0 aliphatic rings. The maximum Gasteiger partial charge on any atom is 0.243 e. The van der Waals surface area contributed by atoms with Gasteiger partial charge in [-0.3, -0.25) is 9.10 Å². The van der Waals surface area contributed by atoms with E-state index in [1.165, 1.54) is 19.1 Å². The molecule has 0 heterocycles. The van der Waals surface area contributed by atoms with Gasteiger partial charge in [-0.15, -0.1) is 0 Å². The predicted molar refractivity (Wildman–Crippen MR) is 91.2 cm³/mol. The van der Waals surface area contributed by atoms with Crippen LogP contribution >= 0.6 is 23.2 Å². The van der Waals surface area contributed by atoms with Gasteiger partial charge in [0.1, 0.15) is 6.04 Å². The van der Waals surface area contributed by atoms with Crippen LogP contribution in [0.4, 0.5) is 5.69 Å². The van der Waals surface area contributed by atoms with Crippen molar-refractivity contribution in [3.8, 4) is 0 Å². The number of amides is 1. The van der Waals surface area contributed by atoms with Crippen molar-refractivity contribution in [3.63, 3.8) is 0 Å². The smallest absolute Gasteiger partial charge is 0.243 e. The first kappa shape index (κ1) is 19.1. The van der Waals surface area contributed by atoms with Gasteiger partial charge in [-0.1, -0.05) is 36.5 Å². The highest BCUT2D eigenvalue weighted by Gasteiger charge is 2.30. The van der Waals surface area contributed by atoms with Gasteiger partial charge in [0.25, 0.3) is 0 Å². The number of hydrogen-bond donors (Lipinski definition) is 1. The summed E-state index contributed by atoms with van der Waals surface area (Å²) in [6, 6.07) is 3.56. The van der Waals surface area contributed by atoms with Gasteiger partial charge in [-0.2, -0.15) is 0 Å². The molecule has 1 aromatic carbocycles. The molecular weight excluding hydrogens is 347 g/mol. The van der Waals surface area contributed by atoms with Crippen molar-refractivity contribution in [2.24, 2.45) is 0 Å². The summed E-state index contributed by atoms with van der Waals surface area (Å²) in [7, 11) is -3.70. The zero-order valence-electron chi connectivity index (χ0n) is 12.8. The normalized spacial score (nSPS) is 12.8. The molecular formula is C14H20Cl2N2O3S. The number of rotatable bonds is 7. The van der Waals surface area contributed by atoms with Gasteiger partial charge in [0.2, 0.25) is 15.9 Å². The molecule has 1 unspecified atom stereocenters. The number of benzene rings is 1. The van der Waals surface area contributed by atoms with E-state index < -0.39 is 16.1 Å². The lowest BCUT2D eigenvalue weighted by atomic mass is 10.2. The molecule has 0 aliphatic carbocycles. The quantitative estimate of drug-likeness (QED) is 0.754. The van der Waals surface area contributed by atoms with Gasteiger partial charge in [-0.05, 0) is 31.5 Å². The van der Waals surface area contributed by atoms with Crippen molar-refractivity contribution >= 4 is 44.8 Å². The van der Waals surface area contributed by atoms with Crippen LogP contribution in [0.1, 0.15) is 26.7 Å². The average molecular weight is 367 g/mol. The molecule has 1 aromatic rings. The predicted octanol–water partition coefficient (Wildman–Crippen LogP) is 3.06. The summed E-state index contributed by atoms with van der Waals surface area (Å²) in [5.41, 5.74) is 0.190. The van der Waals surface area contributed by atoms with E-state index in [1.54, 1.807) is 6.07 Å². The van der Waals surface area contributed by atoms with E-state index in [9.17, 15) is 13.2 Å². The number of anilines is 1. The zero-order valence-corrected chi connectivity index (χ0v) is 15.1. The van der Waals surface area contributed by atoms with E-state index in [-0.39, 0.29) is 16.6 Å². The first-order chi connectivity index (χ1) is 10.2. The monoisotopic (exact) mass is 366 g/mol. The summed E-state index contributed by atoms with van der Waals surface area (Å²) in [5.74, 6) is -0.380. The Morgan fingerprint density at radius 2 is 2.00 bits per heavy atom. The van der Waals surface area contributed by atoms with Crippen LogP contribution in [0, 0.1) is 0 Å². The Bertz CT molecular complexity index is 635. The van der Waals surface area contributed by atoms with Crippen molar-refractivity contribution in [3.05, 3.63) is 28.2 Å². The Morgan fingerprint density at radius 3 is 2.55 bits per heavy atom. The first-order valence-corrected chi connectivity index (χ1v) is 9.51. The molecule has 1 N–H and O–H groups in total. The second-order valence-electron chi connectivity index (χ2n) is 4.98. The lowest BCUT2D eigenvalue weighted by Crippen LogP contribution is -2.48. The summed E-state index contributed by atoms with van der Waals surface area (Å²) in [6.45, 7) is 4.02. The molecule has 0 spiro atoms. The molecule has 0 fully saturated rings. The molecule has 0 saturated heterocycles. The van der Waals surface area contributed by atoms with Crippen LogP contribution in [-0.4, -0.2) is 33.2 Å². The average Bonchev–Trinajstić information content (AvgIpc) is 2.41. The van der Waals surface area contributed by atoms with Crippen molar-refractivity contribution in [2.45, 2.75) is 32.7 Å². The van der Waals surface area contributed by atoms with Crippen LogP contribution < -0.4 is 9.62 Å². The van der Waals surface area contributed by atoms with E-state index in [4.69, 9.17) is 23.2 Å². The van der Waals surface area contributed by atoms with Gasteiger partial charge in [0, 0.05) is 11.6 Å². The highest BCUT2D eigenvalue weighted by Crippen LogP contribution is 2.32. The number of hydrogen-bond acceptors (Lipinski definition) is 3. The number of halogens is 2. The molecule has 0 aliphatic heterocycles. The van der Waals surface area contributed by atoms with Gasteiger partial charge in [-0.25, -0.2) is 8.42 Å². The summed E-state index contributed by atoms with van der Waals surface area (Å²) >= 11 is 12.0. The Hall–Kier alpha value is -0.980. The standard InChI is InChI=1S/C14H20Cl2N2O3S/c1-4-5-8-17-14(19)10(2)18(22(3,20)21)13-9-11(15)6-7-12(13)16/h6-7,9-10H,4-5,8H2,1-3H3,(H,17,19). The zero-order chi connectivity index (χ0) is 16.9. The molecule has 0 bridgehead atoms. The van der Waals surface area contributed by atoms with Crippen LogP contribution in [0.15, 0.2) is 18.2 Å². The molecule has 5 nitrogen and oxygen atoms in total. The summed E-state index contributed by atoms with van der Waals surface area (Å²) in [5, 5.41) is 3.27. The maximum absolute atomic E-state index is 12.2. The fourth-order valence-electron chi connectivity index (χ4n) is 1.97. The SMILES string of the molecule is CCCCNC(=O)C(C)N(c1cc(Cl)ccc1Cl)S(C)(=O)=O. The fraction of sp³-hybridized carbons (Fsp3) is 0.500. The third kappa shape index (κ3) is 5.04. The third-order valence-corrected chi connectivity index (χ3v) is 4.85. The molecule has 22 heavy (non-hydrogen) atoms. The number of carbonyl (C=O) groups is 1. The molecule has 8 heteroatoms. The Balaban J connectivity index is 3.14. The largest absolute Gasteiger partial charge is 0.354 e. The summed E-state index contributed by atoms with van der Waals surface area (Å²) in [6.07, 6.45) is 2.79.